The van der Waals surface area contributed by atoms with Gasteiger partial charge in [0.15, 0.2) is 0 Å². The molecule has 0 unspecified atom stereocenters. The van der Waals surface area contributed by atoms with Crippen LogP contribution in [0.25, 0.3) is 0 Å². The maximum atomic E-state index is 4.55. The zero-order chi connectivity index (χ0) is 14.8. The molecule has 0 atom stereocenters. The number of aromatic amines is 2. The second-order valence-electron chi connectivity index (χ2n) is 4.82. The van der Waals surface area contributed by atoms with Crippen molar-refractivity contribution in [1.29, 1.82) is 0 Å². The minimum Gasteiger partial charge on any atom is -0.360 e. The van der Waals surface area contributed by atoms with E-state index in [9.17, 15) is 0 Å². The van der Waals surface area contributed by atoms with Crippen molar-refractivity contribution >= 4 is 11.9 Å². The molecule has 0 saturated heterocycles. The highest BCUT2D eigenvalue weighted by molar-refractivity contribution is 5.96. The summed E-state index contributed by atoms with van der Waals surface area (Å²) in [6, 6.07) is 8.00. The van der Waals surface area contributed by atoms with Crippen molar-refractivity contribution < 1.29 is 0 Å². The fraction of sp³-hybridized carbons (Fsp3) is 0.375. The third kappa shape index (κ3) is 5.79. The third-order valence-electron chi connectivity index (χ3n) is 3.12. The van der Waals surface area contributed by atoms with Gasteiger partial charge in [-0.3, -0.25) is 9.98 Å². The van der Waals surface area contributed by atoms with Crippen LogP contribution in [0, 0.1) is 0 Å². The number of hydrogen-bond donors (Lipinski definition) is 3. The predicted molar refractivity (Wildman–Crippen MR) is 88.6 cm³/mol. The SMILES string of the molecule is CC(=NCCCNCCN=Cc1ccc[nH]1)c1ccc[nH]1. The normalized spacial score (nSPS) is 12.3. The number of nitrogens with one attached hydrogen (secondary N) is 3. The Kier molecular flexibility index (Phi) is 6.48. The van der Waals surface area contributed by atoms with Crippen LogP contribution in [0.3, 0.4) is 0 Å². The predicted octanol–water partition coefficient (Wildman–Crippen LogP) is 2.25. The third-order valence-corrected chi connectivity index (χ3v) is 3.12. The van der Waals surface area contributed by atoms with Crippen LogP contribution in [-0.2, 0) is 0 Å². The van der Waals surface area contributed by atoms with Gasteiger partial charge in [-0.05, 0) is 44.2 Å². The molecule has 21 heavy (non-hydrogen) atoms. The van der Waals surface area contributed by atoms with Crippen LogP contribution in [0.1, 0.15) is 24.7 Å². The van der Waals surface area contributed by atoms with Gasteiger partial charge < -0.3 is 15.3 Å². The molecule has 2 aromatic heterocycles. The quantitative estimate of drug-likeness (QED) is 0.480. The highest BCUT2D eigenvalue weighted by Crippen LogP contribution is 1.97. The van der Waals surface area contributed by atoms with Crippen LogP contribution >= 0.6 is 0 Å². The second kappa shape index (κ2) is 8.92. The number of rotatable bonds is 9. The average molecular weight is 285 g/mol. The lowest BCUT2D eigenvalue weighted by molar-refractivity contribution is 0.660. The highest BCUT2D eigenvalue weighted by Gasteiger charge is 1.95. The van der Waals surface area contributed by atoms with Crippen molar-refractivity contribution in [3.05, 3.63) is 48.0 Å². The van der Waals surface area contributed by atoms with Crippen molar-refractivity contribution in [2.45, 2.75) is 13.3 Å². The first kappa shape index (κ1) is 15.3. The molecule has 0 saturated carbocycles. The maximum absolute atomic E-state index is 4.55. The Labute approximate surface area is 125 Å². The average Bonchev–Trinajstić information content (AvgIpc) is 3.18. The maximum Gasteiger partial charge on any atom is 0.0591 e. The Morgan fingerprint density at radius 2 is 2.00 bits per heavy atom. The molecule has 0 fully saturated rings. The fourth-order valence-electron chi connectivity index (χ4n) is 1.95. The summed E-state index contributed by atoms with van der Waals surface area (Å²) in [7, 11) is 0. The van der Waals surface area contributed by atoms with E-state index in [4.69, 9.17) is 0 Å². The van der Waals surface area contributed by atoms with E-state index >= 15 is 0 Å². The van der Waals surface area contributed by atoms with E-state index in [1.54, 1.807) is 0 Å². The molecule has 2 heterocycles. The molecule has 0 aliphatic rings. The minimum absolute atomic E-state index is 0.795. The first-order valence-corrected chi connectivity index (χ1v) is 7.35. The highest BCUT2D eigenvalue weighted by atomic mass is 14.9. The standard InChI is InChI=1S/C16H23N5/c1-14(16-6-3-9-21-16)19-10-4-7-17-11-12-18-13-15-5-2-8-20-15/h2-3,5-6,8-9,13,17,20-21H,4,7,10-12H2,1H3. The van der Waals surface area contributed by atoms with Crippen molar-refractivity contribution in [2.24, 2.45) is 9.98 Å². The van der Waals surface area contributed by atoms with E-state index in [-0.39, 0.29) is 0 Å². The summed E-state index contributed by atoms with van der Waals surface area (Å²) >= 11 is 0. The fourth-order valence-corrected chi connectivity index (χ4v) is 1.95. The molecular weight excluding hydrogens is 262 g/mol. The van der Waals surface area contributed by atoms with Gasteiger partial charge in [-0.25, -0.2) is 0 Å². The molecule has 2 aromatic rings. The van der Waals surface area contributed by atoms with Gasteiger partial charge in [0.25, 0.3) is 0 Å². The van der Waals surface area contributed by atoms with Gasteiger partial charge in [-0.1, -0.05) is 0 Å². The second-order valence-corrected chi connectivity index (χ2v) is 4.82. The number of H-pyrrole nitrogens is 2. The molecule has 112 valence electrons. The molecular formula is C16H23N5. The molecule has 2 rings (SSSR count). The van der Waals surface area contributed by atoms with Crippen LogP contribution < -0.4 is 5.32 Å². The molecule has 3 N–H and O–H groups in total. The molecule has 0 aliphatic heterocycles. The first-order valence-electron chi connectivity index (χ1n) is 7.35. The van der Waals surface area contributed by atoms with Gasteiger partial charge in [0.05, 0.1) is 23.6 Å². The van der Waals surface area contributed by atoms with Gasteiger partial charge in [0.2, 0.25) is 0 Å². The first-order chi connectivity index (χ1) is 10.4. The van der Waals surface area contributed by atoms with Gasteiger partial charge in [0, 0.05) is 31.7 Å². The summed E-state index contributed by atoms with van der Waals surface area (Å²) < 4.78 is 0. The summed E-state index contributed by atoms with van der Waals surface area (Å²) in [6.07, 6.45) is 6.73. The summed E-state index contributed by atoms with van der Waals surface area (Å²) in [6.45, 7) is 5.55. The summed E-state index contributed by atoms with van der Waals surface area (Å²) in [5.41, 5.74) is 3.21. The monoisotopic (exact) mass is 285 g/mol. The summed E-state index contributed by atoms with van der Waals surface area (Å²) in [4.78, 5) is 15.1. The molecule has 5 heteroatoms. The van der Waals surface area contributed by atoms with E-state index in [0.29, 0.717) is 0 Å². The van der Waals surface area contributed by atoms with Crippen molar-refractivity contribution in [1.82, 2.24) is 15.3 Å². The zero-order valence-electron chi connectivity index (χ0n) is 12.5. The van der Waals surface area contributed by atoms with Crippen LogP contribution in [0.2, 0.25) is 0 Å². The Morgan fingerprint density at radius 3 is 2.76 bits per heavy atom. The summed E-state index contributed by atoms with van der Waals surface area (Å²) in [5.74, 6) is 0. The van der Waals surface area contributed by atoms with Crippen LogP contribution in [0.4, 0.5) is 0 Å². The number of aromatic nitrogens is 2. The molecule has 0 bridgehead atoms. The molecule has 0 aromatic carbocycles. The van der Waals surface area contributed by atoms with Crippen molar-refractivity contribution in [2.75, 3.05) is 26.2 Å². The van der Waals surface area contributed by atoms with E-state index < -0.39 is 0 Å². The van der Waals surface area contributed by atoms with Crippen LogP contribution in [-0.4, -0.2) is 48.1 Å². The topological polar surface area (TPSA) is 68.3 Å². The minimum atomic E-state index is 0.795. The van der Waals surface area contributed by atoms with Crippen LogP contribution in [0.15, 0.2) is 46.6 Å². The van der Waals surface area contributed by atoms with Gasteiger partial charge in [0.1, 0.15) is 0 Å². The number of hydrogen-bond acceptors (Lipinski definition) is 3. The van der Waals surface area contributed by atoms with Crippen LogP contribution in [0.5, 0.6) is 0 Å². The van der Waals surface area contributed by atoms with E-state index in [2.05, 4.69) is 25.3 Å². The van der Waals surface area contributed by atoms with Gasteiger partial charge >= 0.3 is 0 Å². The molecule has 0 amide bonds. The lowest BCUT2D eigenvalue weighted by Crippen LogP contribution is -2.19. The molecule has 0 radical (unpaired) electrons. The van der Waals surface area contributed by atoms with Crippen molar-refractivity contribution in [3.63, 3.8) is 0 Å². The number of aliphatic imine (C=N–C) groups is 2. The van der Waals surface area contributed by atoms with E-state index in [0.717, 1.165) is 49.7 Å². The van der Waals surface area contributed by atoms with E-state index in [1.165, 1.54) is 0 Å². The van der Waals surface area contributed by atoms with Gasteiger partial charge in [-0.15, -0.1) is 0 Å². The Balaban J connectivity index is 1.49. The molecule has 5 nitrogen and oxygen atoms in total. The molecule has 0 aliphatic carbocycles. The van der Waals surface area contributed by atoms with E-state index in [1.807, 2.05) is 49.8 Å². The Bertz CT molecular complexity index is 537. The lowest BCUT2D eigenvalue weighted by Gasteiger charge is -2.01. The molecule has 0 spiro atoms. The van der Waals surface area contributed by atoms with Gasteiger partial charge in [-0.2, -0.15) is 0 Å². The zero-order valence-corrected chi connectivity index (χ0v) is 12.5. The Morgan fingerprint density at radius 1 is 1.14 bits per heavy atom. The Hall–Kier alpha value is -2.14. The smallest absolute Gasteiger partial charge is 0.0591 e. The number of nitrogens with zero attached hydrogens (tertiary/aromatic N) is 2. The van der Waals surface area contributed by atoms with Crippen molar-refractivity contribution in [3.8, 4) is 0 Å². The largest absolute Gasteiger partial charge is 0.360 e. The lowest BCUT2D eigenvalue weighted by atomic mass is 10.3. The summed E-state index contributed by atoms with van der Waals surface area (Å²) in [5, 5.41) is 3.37.